The molecule has 6 heteroatoms. The number of halogens is 1. The van der Waals surface area contributed by atoms with Gasteiger partial charge >= 0.3 is 0 Å². The Labute approximate surface area is 197 Å². The number of nitrogens with one attached hydrogen (secondary N) is 2. The molecular weight excluding hydrogens is 489 g/mol. The van der Waals surface area contributed by atoms with Gasteiger partial charge < -0.3 is 20.1 Å². The van der Waals surface area contributed by atoms with E-state index in [0.717, 1.165) is 45.1 Å². The molecule has 2 N–H and O–H groups in total. The summed E-state index contributed by atoms with van der Waals surface area (Å²) < 4.78 is 11.4. The van der Waals surface area contributed by atoms with Crippen LogP contribution in [0.5, 0.6) is 0 Å². The summed E-state index contributed by atoms with van der Waals surface area (Å²) in [5.74, 6) is 0.833. The van der Waals surface area contributed by atoms with Gasteiger partial charge in [0.15, 0.2) is 5.96 Å². The molecule has 3 rings (SSSR count). The number of rotatable bonds is 8. The Morgan fingerprint density at radius 2 is 1.83 bits per heavy atom. The molecule has 1 fully saturated rings. The van der Waals surface area contributed by atoms with E-state index in [1.54, 1.807) is 0 Å². The Hall–Kier alpha value is -1.64. The topological polar surface area (TPSA) is 54.9 Å². The van der Waals surface area contributed by atoms with Gasteiger partial charge in [-0.15, -0.1) is 24.0 Å². The minimum atomic E-state index is 0. The molecule has 0 aromatic heterocycles. The first kappa shape index (κ1) is 24.6. The van der Waals surface area contributed by atoms with Crippen molar-refractivity contribution in [2.45, 2.75) is 52.5 Å². The quantitative estimate of drug-likeness (QED) is 0.303. The van der Waals surface area contributed by atoms with Crippen molar-refractivity contribution >= 4 is 29.9 Å². The predicted molar refractivity (Wildman–Crippen MR) is 133 cm³/mol. The first-order valence-corrected chi connectivity index (χ1v) is 10.6. The first-order valence-electron chi connectivity index (χ1n) is 10.6. The van der Waals surface area contributed by atoms with Gasteiger partial charge in [-0.3, -0.25) is 0 Å². The van der Waals surface area contributed by atoms with Crippen LogP contribution in [-0.4, -0.2) is 31.8 Å². The third kappa shape index (κ3) is 8.24. The highest BCUT2D eigenvalue weighted by Crippen LogP contribution is 2.14. The second kappa shape index (κ2) is 13.6. The summed E-state index contributed by atoms with van der Waals surface area (Å²) in [6.07, 6.45) is 2.29. The highest BCUT2D eigenvalue weighted by molar-refractivity contribution is 14.0. The van der Waals surface area contributed by atoms with Crippen molar-refractivity contribution in [3.63, 3.8) is 0 Å². The SMILES string of the molecule is CCNC(=NCc1cccc(COC2CCOCC2)c1)NCc1ccccc1C.I. The van der Waals surface area contributed by atoms with E-state index in [2.05, 4.69) is 73.0 Å². The maximum atomic E-state index is 6.05. The van der Waals surface area contributed by atoms with E-state index in [0.29, 0.717) is 19.3 Å². The summed E-state index contributed by atoms with van der Waals surface area (Å²) in [6, 6.07) is 16.9. The van der Waals surface area contributed by atoms with Gasteiger partial charge in [-0.05, 0) is 48.9 Å². The average Bonchev–Trinajstić information content (AvgIpc) is 2.76. The molecule has 30 heavy (non-hydrogen) atoms. The van der Waals surface area contributed by atoms with E-state index in [1.807, 2.05) is 0 Å². The predicted octanol–water partition coefficient (Wildman–Crippen LogP) is 4.56. The second-order valence-electron chi connectivity index (χ2n) is 7.42. The van der Waals surface area contributed by atoms with Crippen LogP contribution < -0.4 is 10.6 Å². The molecule has 1 aliphatic rings. The summed E-state index contributed by atoms with van der Waals surface area (Å²) >= 11 is 0. The minimum Gasteiger partial charge on any atom is -0.381 e. The van der Waals surface area contributed by atoms with E-state index in [4.69, 9.17) is 14.5 Å². The van der Waals surface area contributed by atoms with Gasteiger partial charge in [0.25, 0.3) is 0 Å². The second-order valence-corrected chi connectivity index (χ2v) is 7.42. The molecule has 0 bridgehead atoms. The van der Waals surface area contributed by atoms with E-state index in [1.165, 1.54) is 22.3 Å². The van der Waals surface area contributed by atoms with Crippen LogP contribution in [0.2, 0.25) is 0 Å². The van der Waals surface area contributed by atoms with Crippen LogP contribution in [0.25, 0.3) is 0 Å². The van der Waals surface area contributed by atoms with Crippen molar-refractivity contribution in [2.24, 2.45) is 4.99 Å². The van der Waals surface area contributed by atoms with Crippen LogP contribution >= 0.6 is 24.0 Å². The van der Waals surface area contributed by atoms with Gasteiger partial charge in [0.2, 0.25) is 0 Å². The van der Waals surface area contributed by atoms with E-state index in [9.17, 15) is 0 Å². The zero-order chi connectivity index (χ0) is 20.3. The van der Waals surface area contributed by atoms with Crippen molar-refractivity contribution < 1.29 is 9.47 Å². The molecule has 1 saturated heterocycles. The number of guanidine groups is 1. The lowest BCUT2D eigenvalue weighted by Gasteiger charge is -2.22. The number of hydrogen-bond acceptors (Lipinski definition) is 3. The fraction of sp³-hybridized carbons (Fsp3) is 0.458. The fourth-order valence-corrected chi connectivity index (χ4v) is 3.37. The summed E-state index contributed by atoms with van der Waals surface area (Å²) in [7, 11) is 0. The highest BCUT2D eigenvalue weighted by atomic mass is 127. The van der Waals surface area contributed by atoms with Crippen molar-refractivity contribution in [3.05, 3.63) is 70.8 Å². The standard InChI is InChI=1S/C24H33N3O2.HI/c1-3-25-24(27-17-22-10-5-4-7-19(22)2)26-16-20-8-6-9-21(15-20)18-29-23-11-13-28-14-12-23;/h4-10,15,23H,3,11-14,16-18H2,1-2H3,(H2,25,26,27);1H. The fourth-order valence-electron chi connectivity index (χ4n) is 3.37. The van der Waals surface area contributed by atoms with E-state index < -0.39 is 0 Å². The third-order valence-corrected chi connectivity index (χ3v) is 5.12. The zero-order valence-electron chi connectivity index (χ0n) is 18.0. The largest absolute Gasteiger partial charge is 0.381 e. The molecule has 0 aliphatic carbocycles. The molecule has 0 spiro atoms. The van der Waals surface area contributed by atoms with Gasteiger partial charge in [-0.25, -0.2) is 4.99 Å². The number of ether oxygens (including phenoxy) is 2. The molecule has 0 amide bonds. The molecule has 0 atom stereocenters. The van der Waals surface area contributed by atoms with Crippen molar-refractivity contribution in [3.8, 4) is 0 Å². The molecule has 1 heterocycles. The van der Waals surface area contributed by atoms with Crippen molar-refractivity contribution in [1.82, 2.24) is 10.6 Å². The minimum absolute atomic E-state index is 0. The zero-order valence-corrected chi connectivity index (χ0v) is 20.4. The number of hydrogen-bond donors (Lipinski definition) is 2. The average molecular weight is 523 g/mol. The van der Waals surface area contributed by atoms with Crippen LogP contribution in [-0.2, 0) is 29.2 Å². The Morgan fingerprint density at radius 1 is 1.07 bits per heavy atom. The molecule has 2 aromatic carbocycles. The summed E-state index contributed by atoms with van der Waals surface area (Å²) in [6.45, 7) is 8.70. The van der Waals surface area contributed by atoms with Crippen LogP contribution in [0.3, 0.4) is 0 Å². The number of aryl methyl sites for hydroxylation is 1. The Kier molecular flexibility index (Phi) is 11.2. The molecule has 0 saturated carbocycles. The number of nitrogens with zero attached hydrogens (tertiary/aromatic N) is 1. The molecule has 5 nitrogen and oxygen atoms in total. The first-order chi connectivity index (χ1) is 14.2. The molecule has 1 aliphatic heterocycles. The van der Waals surface area contributed by atoms with Crippen molar-refractivity contribution in [1.29, 1.82) is 0 Å². The van der Waals surface area contributed by atoms with Gasteiger partial charge in [0.05, 0.1) is 19.3 Å². The molecule has 164 valence electrons. The number of aliphatic imine (C=N–C) groups is 1. The maximum Gasteiger partial charge on any atom is 0.191 e. The number of benzene rings is 2. The summed E-state index contributed by atoms with van der Waals surface area (Å²) in [4.78, 5) is 4.76. The van der Waals surface area contributed by atoms with Crippen molar-refractivity contribution in [2.75, 3.05) is 19.8 Å². The third-order valence-electron chi connectivity index (χ3n) is 5.12. The normalized spacial score (nSPS) is 14.8. The highest BCUT2D eigenvalue weighted by Gasteiger charge is 2.14. The van der Waals surface area contributed by atoms with Crippen LogP contribution in [0.1, 0.15) is 42.0 Å². The lowest BCUT2D eigenvalue weighted by atomic mass is 10.1. The molecule has 0 unspecified atom stereocenters. The Balaban J connectivity index is 0.00000320. The maximum absolute atomic E-state index is 6.05. The van der Waals surface area contributed by atoms with Gasteiger partial charge in [-0.2, -0.15) is 0 Å². The van der Waals surface area contributed by atoms with Gasteiger partial charge in [0, 0.05) is 26.3 Å². The Bertz CT molecular complexity index is 792. The molecule has 2 aromatic rings. The Morgan fingerprint density at radius 3 is 2.60 bits per heavy atom. The molecule has 0 radical (unpaired) electrons. The van der Waals surface area contributed by atoms with Crippen LogP contribution in [0, 0.1) is 6.92 Å². The smallest absolute Gasteiger partial charge is 0.191 e. The van der Waals surface area contributed by atoms with Crippen LogP contribution in [0.4, 0.5) is 0 Å². The van der Waals surface area contributed by atoms with Gasteiger partial charge in [-0.1, -0.05) is 48.5 Å². The van der Waals surface area contributed by atoms with E-state index in [-0.39, 0.29) is 24.0 Å². The lowest BCUT2D eigenvalue weighted by Crippen LogP contribution is -2.36. The summed E-state index contributed by atoms with van der Waals surface area (Å²) in [5, 5.41) is 6.76. The van der Waals surface area contributed by atoms with Crippen LogP contribution in [0.15, 0.2) is 53.5 Å². The monoisotopic (exact) mass is 523 g/mol. The van der Waals surface area contributed by atoms with Gasteiger partial charge in [0.1, 0.15) is 0 Å². The summed E-state index contributed by atoms with van der Waals surface area (Å²) in [5.41, 5.74) is 4.95. The lowest BCUT2D eigenvalue weighted by molar-refractivity contribution is -0.0390. The van der Waals surface area contributed by atoms with E-state index >= 15 is 0 Å². The molecular formula is C24H34IN3O2.